The van der Waals surface area contributed by atoms with Gasteiger partial charge in [0.05, 0.1) is 5.75 Å². The molecule has 0 bridgehead atoms. The monoisotopic (exact) mass is 263 g/mol. The van der Waals surface area contributed by atoms with Crippen LogP contribution in [-0.4, -0.2) is 36.8 Å². The van der Waals surface area contributed by atoms with Crippen molar-refractivity contribution in [1.29, 1.82) is 0 Å². The number of primary sulfonamides is 1. The van der Waals surface area contributed by atoms with E-state index in [1.165, 1.54) is 0 Å². The molecule has 0 aromatic carbocycles. The zero-order valence-electron chi connectivity index (χ0n) is 8.55. The van der Waals surface area contributed by atoms with Gasteiger partial charge in [-0.1, -0.05) is 0 Å². The molecular weight excluding hydrogens is 253 g/mol. The van der Waals surface area contributed by atoms with E-state index in [0.717, 1.165) is 12.3 Å². The topological polar surface area (TPSA) is 122 Å². The molecule has 0 aliphatic heterocycles. The van der Waals surface area contributed by atoms with Crippen molar-refractivity contribution < 1.29 is 22.7 Å². The van der Waals surface area contributed by atoms with Crippen molar-refractivity contribution in [2.45, 2.75) is 0 Å². The Morgan fingerprint density at radius 1 is 1.59 bits per heavy atom. The number of carbonyl (C=O) groups is 1. The molecule has 17 heavy (non-hydrogen) atoms. The van der Waals surface area contributed by atoms with E-state index in [2.05, 4.69) is 10.3 Å². The first-order chi connectivity index (χ1) is 7.81. The quantitative estimate of drug-likeness (QED) is 0.665. The van der Waals surface area contributed by atoms with Crippen LogP contribution in [-0.2, 0) is 10.0 Å². The Morgan fingerprint density at radius 2 is 2.24 bits per heavy atom. The number of nitrogens with two attached hydrogens (primary N) is 1. The first kappa shape index (κ1) is 13.3. The Bertz CT molecular complexity index is 532. The van der Waals surface area contributed by atoms with E-state index >= 15 is 0 Å². The summed E-state index contributed by atoms with van der Waals surface area (Å²) < 4.78 is 34.7. The summed E-state index contributed by atoms with van der Waals surface area (Å²) in [7, 11) is -3.66. The van der Waals surface area contributed by atoms with E-state index < -0.39 is 33.1 Å². The van der Waals surface area contributed by atoms with Gasteiger partial charge in [-0.05, 0) is 6.07 Å². The average Bonchev–Trinajstić information content (AvgIpc) is 2.18. The lowest BCUT2D eigenvalue weighted by molar-refractivity contribution is 0.0692. The molecule has 0 unspecified atom stereocenters. The lowest BCUT2D eigenvalue weighted by Crippen LogP contribution is -2.23. The molecular formula is C8H10FN3O4S. The minimum Gasteiger partial charge on any atom is -0.478 e. The van der Waals surface area contributed by atoms with Gasteiger partial charge in [0.25, 0.3) is 0 Å². The number of pyridine rings is 1. The van der Waals surface area contributed by atoms with Crippen LogP contribution in [0.15, 0.2) is 12.3 Å². The highest BCUT2D eigenvalue weighted by atomic mass is 32.2. The highest BCUT2D eigenvalue weighted by Gasteiger charge is 2.15. The van der Waals surface area contributed by atoms with E-state index in [-0.39, 0.29) is 12.4 Å². The largest absolute Gasteiger partial charge is 0.478 e. The minimum atomic E-state index is -3.66. The average molecular weight is 263 g/mol. The fraction of sp³-hybridized carbons (Fsp3) is 0.250. The van der Waals surface area contributed by atoms with E-state index in [1.807, 2.05) is 0 Å². The summed E-state index contributed by atoms with van der Waals surface area (Å²) in [5.74, 6) is -3.21. The van der Waals surface area contributed by atoms with Gasteiger partial charge in [-0.25, -0.2) is 27.7 Å². The molecule has 1 aromatic rings. The van der Waals surface area contributed by atoms with Gasteiger partial charge in [0.2, 0.25) is 10.0 Å². The molecule has 0 saturated carbocycles. The molecule has 1 rings (SSSR count). The Balaban J connectivity index is 2.79. The molecule has 1 heterocycles. The second-order valence-electron chi connectivity index (χ2n) is 3.12. The molecule has 0 fully saturated rings. The van der Waals surface area contributed by atoms with Crippen LogP contribution < -0.4 is 10.5 Å². The summed E-state index contributed by atoms with van der Waals surface area (Å²) in [5, 5.41) is 15.7. The fourth-order valence-electron chi connectivity index (χ4n) is 1.04. The van der Waals surface area contributed by atoms with Crippen LogP contribution in [0.2, 0.25) is 0 Å². The number of sulfonamides is 1. The molecule has 0 aliphatic carbocycles. The number of aromatic nitrogens is 1. The summed E-state index contributed by atoms with van der Waals surface area (Å²) in [4.78, 5) is 14.2. The first-order valence-electron chi connectivity index (χ1n) is 4.43. The molecule has 0 saturated heterocycles. The Labute approximate surface area is 96.5 Å². The van der Waals surface area contributed by atoms with Crippen molar-refractivity contribution in [2.24, 2.45) is 5.14 Å². The van der Waals surface area contributed by atoms with E-state index in [4.69, 9.17) is 10.2 Å². The van der Waals surface area contributed by atoms with Crippen molar-refractivity contribution in [3.63, 3.8) is 0 Å². The predicted octanol–water partition coefficient (Wildman–Crippen LogP) is -0.381. The number of carboxylic acid groups (broad SMARTS) is 1. The van der Waals surface area contributed by atoms with Crippen LogP contribution in [0.1, 0.15) is 10.4 Å². The van der Waals surface area contributed by atoms with Gasteiger partial charge >= 0.3 is 5.97 Å². The van der Waals surface area contributed by atoms with Gasteiger partial charge in [-0.3, -0.25) is 0 Å². The van der Waals surface area contributed by atoms with Crippen molar-refractivity contribution in [2.75, 3.05) is 17.6 Å². The van der Waals surface area contributed by atoms with Crippen LogP contribution in [0.5, 0.6) is 0 Å². The van der Waals surface area contributed by atoms with E-state index in [0.29, 0.717) is 0 Å². The van der Waals surface area contributed by atoms with Crippen LogP contribution in [0, 0.1) is 5.82 Å². The number of hydrogen-bond acceptors (Lipinski definition) is 5. The molecule has 4 N–H and O–H groups in total. The standard InChI is InChI=1S/C8H10FN3O4S/c9-6-5(8(13)14)1-2-11-7(6)12-3-4-17(10,15)16/h1-2H,3-4H2,(H,11,12)(H,13,14)(H2,10,15,16). The van der Waals surface area contributed by atoms with Crippen molar-refractivity contribution in [1.82, 2.24) is 4.98 Å². The third-order valence-corrected chi connectivity index (χ3v) is 2.57. The maximum atomic E-state index is 13.5. The highest BCUT2D eigenvalue weighted by molar-refractivity contribution is 7.89. The Hall–Kier alpha value is -1.74. The normalized spacial score (nSPS) is 11.2. The lowest BCUT2D eigenvalue weighted by atomic mass is 10.2. The summed E-state index contributed by atoms with van der Waals surface area (Å²) in [6.45, 7) is -0.161. The molecule has 0 atom stereocenters. The third-order valence-electron chi connectivity index (χ3n) is 1.80. The van der Waals surface area contributed by atoms with Crippen LogP contribution in [0.4, 0.5) is 10.2 Å². The minimum absolute atomic E-state index is 0.161. The van der Waals surface area contributed by atoms with Gasteiger partial charge < -0.3 is 10.4 Å². The number of nitrogens with zero attached hydrogens (tertiary/aromatic N) is 1. The van der Waals surface area contributed by atoms with Gasteiger partial charge in [-0.15, -0.1) is 0 Å². The van der Waals surface area contributed by atoms with Gasteiger partial charge in [0.15, 0.2) is 11.6 Å². The number of carboxylic acids is 1. The number of halogens is 1. The molecule has 1 aromatic heterocycles. The molecule has 9 heteroatoms. The van der Waals surface area contributed by atoms with Gasteiger partial charge in [-0.2, -0.15) is 0 Å². The maximum Gasteiger partial charge on any atom is 0.338 e. The number of nitrogens with one attached hydrogen (secondary N) is 1. The zero-order chi connectivity index (χ0) is 13.1. The molecule has 0 amide bonds. The predicted molar refractivity (Wildman–Crippen MR) is 57.6 cm³/mol. The number of aromatic carboxylic acids is 1. The number of anilines is 1. The first-order valence-corrected chi connectivity index (χ1v) is 6.15. The highest BCUT2D eigenvalue weighted by Crippen LogP contribution is 2.14. The second-order valence-corrected chi connectivity index (χ2v) is 4.85. The SMILES string of the molecule is NS(=O)(=O)CCNc1nccc(C(=O)O)c1F. The van der Waals surface area contributed by atoms with Gasteiger partial charge in [0, 0.05) is 12.7 Å². The summed E-state index contributed by atoms with van der Waals surface area (Å²) >= 11 is 0. The van der Waals surface area contributed by atoms with Crippen molar-refractivity contribution in [3.05, 3.63) is 23.6 Å². The summed E-state index contributed by atoms with van der Waals surface area (Å²) in [6, 6.07) is 1.00. The van der Waals surface area contributed by atoms with E-state index in [1.54, 1.807) is 0 Å². The lowest BCUT2D eigenvalue weighted by Gasteiger charge is -2.06. The smallest absolute Gasteiger partial charge is 0.338 e. The summed E-state index contributed by atoms with van der Waals surface area (Å²) in [5.41, 5.74) is -0.543. The van der Waals surface area contributed by atoms with Gasteiger partial charge in [0.1, 0.15) is 5.56 Å². The third kappa shape index (κ3) is 3.96. The fourth-order valence-corrected chi connectivity index (χ4v) is 1.43. The number of rotatable bonds is 5. The maximum absolute atomic E-state index is 13.5. The van der Waals surface area contributed by atoms with Crippen LogP contribution >= 0.6 is 0 Å². The Morgan fingerprint density at radius 3 is 2.76 bits per heavy atom. The molecule has 0 spiro atoms. The molecule has 0 aliphatic rings. The second kappa shape index (κ2) is 5.06. The zero-order valence-corrected chi connectivity index (χ0v) is 9.37. The molecule has 0 radical (unpaired) electrons. The molecule has 7 nitrogen and oxygen atoms in total. The van der Waals surface area contributed by atoms with E-state index in [9.17, 15) is 17.6 Å². The Kier molecular flexibility index (Phi) is 3.97. The number of hydrogen-bond donors (Lipinski definition) is 3. The van der Waals surface area contributed by atoms with Crippen molar-refractivity contribution >= 4 is 21.8 Å². The molecule has 94 valence electrons. The van der Waals surface area contributed by atoms with Crippen molar-refractivity contribution in [3.8, 4) is 0 Å². The van der Waals surface area contributed by atoms with Crippen LogP contribution in [0.3, 0.4) is 0 Å². The summed E-state index contributed by atoms with van der Waals surface area (Å²) in [6.07, 6.45) is 1.10. The van der Waals surface area contributed by atoms with Crippen LogP contribution in [0.25, 0.3) is 0 Å².